The largest absolute Gasteiger partial charge is 0.343 e. The summed E-state index contributed by atoms with van der Waals surface area (Å²) in [4.78, 5) is 21.0. The highest BCUT2D eigenvalue weighted by Crippen LogP contribution is 2.33. The zero-order valence-corrected chi connectivity index (χ0v) is 15.5. The van der Waals surface area contributed by atoms with Crippen LogP contribution in [0.25, 0.3) is 11.0 Å². The molecule has 0 bridgehead atoms. The lowest BCUT2D eigenvalue weighted by atomic mass is 9.97. The molecule has 2 aliphatic heterocycles. The number of fused-ring (bicyclic) bond motifs is 1. The molecule has 0 atom stereocenters. The second-order valence-electron chi connectivity index (χ2n) is 7.83. The normalized spacial score (nSPS) is 20.4. The molecule has 1 aromatic heterocycles. The number of hydrogen-bond acceptors (Lipinski definition) is 3. The number of benzene rings is 1. The molecule has 0 N–H and O–H groups in total. The molecule has 2 saturated heterocycles. The summed E-state index contributed by atoms with van der Waals surface area (Å²) in [6, 6.07) is 9.64. The maximum absolute atomic E-state index is 11.5. The van der Waals surface area contributed by atoms with Crippen molar-refractivity contribution in [2.24, 2.45) is 0 Å². The van der Waals surface area contributed by atoms with Gasteiger partial charge in [-0.25, -0.2) is 4.98 Å². The predicted molar refractivity (Wildman–Crippen MR) is 99.7 cm³/mol. The minimum Gasteiger partial charge on any atom is -0.343 e. The molecule has 0 aliphatic carbocycles. The molecule has 5 heteroatoms. The highest BCUT2D eigenvalue weighted by atomic mass is 16.2. The summed E-state index contributed by atoms with van der Waals surface area (Å²) >= 11 is 0. The van der Waals surface area contributed by atoms with Crippen molar-refractivity contribution in [2.45, 2.75) is 51.6 Å². The van der Waals surface area contributed by atoms with Crippen molar-refractivity contribution in [3.8, 4) is 0 Å². The topological polar surface area (TPSA) is 41.4 Å². The van der Waals surface area contributed by atoms with Crippen LogP contribution >= 0.6 is 0 Å². The average Bonchev–Trinajstić information content (AvgIpc) is 2.94. The van der Waals surface area contributed by atoms with Crippen molar-refractivity contribution < 1.29 is 4.79 Å². The number of carbonyl (C=O) groups excluding carboxylic acids is 1. The van der Waals surface area contributed by atoms with Gasteiger partial charge in [0.15, 0.2) is 0 Å². The summed E-state index contributed by atoms with van der Waals surface area (Å²) in [6.07, 6.45) is 2.21. The van der Waals surface area contributed by atoms with Crippen LogP contribution in [0.3, 0.4) is 0 Å². The van der Waals surface area contributed by atoms with Gasteiger partial charge in [-0.05, 0) is 25.0 Å². The molecule has 0 unspecified atom stereocenters. The molecule has 0 radical (unpaired) electrons. The number of amides is 1. The Morgan fingerprint density at radius 1 is 1.12 bits per heavy atom. The Labute approximate surface area is 149 Å². The van der Waals surface area contributed by atoms with E-state index < -0.39 is 0 Å². The van der Waals surface area contributed by atoms with Crippen LogP contribution in [0.2, 0.25) is 0 Å². The number of nitrogens with zero attached hydrogens (tertiary/aromatic N) is 4. The molecule has 0 saturated carbocycles. The van der Waals surface area contributed by atoms with E-state index in [-0.39, 0.29) is 5.91 Å². The van der Waals surface area contributed by atoms with E-state index in [1.165, 1.54) is 11.3 Å². The van der Waals surface area contributed by atoms with Crippen molar-refractivity contribution in [1.82, 2.24) is 19.4 Å². The van der Waals surface area contributed by atoms with E-state index >= 15 is 0 Å². The van der Waals surface area contributed by atoms with E-state index in [4.69, 9.17) is 4.98 Å². The average molecular weight is 340 g/mol. The van der Waals surface area contributed by atoms with E-state index in [2.05, 4.69) is 47.6 Å². The molecule has 1 aromatic carbocycles. The van der Waals surface area contributed by atoms with Gasteiger partial charge < -0.3 is 9.47 Å². The lowest BCUT2D eigenvalue weighted by Gasteiger charge is -2.48. The first-order valence-corrected chi connectivity index (χ1v) is 9.51. The van der Waals surface area contributed by atoms with Gasteiger partial charge in [0.2, 0.25) is 5.91 Å². The Hall–Kier alpha value is -1.88. The van der Waals surface area contributed by atoms with E-state index in [1.807, 2.05) is 4.90 Å². The maximum Gasteiger partial charge on any atom is 0.219 e. The SMILES string of the molecule is CC(=O)N1CCC(N2CC(n3c(C(C)C)nc4ccccc43)C2)CC1. The van der Waals surface area contributed by atoms with Crippen LogP contribution in [-0.2, 0) is 4.79 Å². The Bertz CT molecular complexity index is 767. The Morgan fingerprint density at radius 3 is 2.44 bits per heavy atom. The summed E-state index contributed by atoms with van der Waals surface area (Å²) in [5, 5.41) is 0. The summed E-state index contributed by atoms with van der Waals surface area (Å²) in [7, 11) is 0. The summed E-state index contributed by atoms with van der Waals surface area (Å²) in [5.74, 6) is 1.85. The van der Waals surface area contributed by atoms with E-state index in [0.717, 1.165) is 44.5 Å². The Morgan fingerprint density at radius 2 is 1.80 bits per heavy atom. The molecule has 4 rings (SSSR count). The van der Waals surface area contributed by atoms with Crippen molar-refractivity contribution in [3.05, 3.63) is 30.1 Å². The minimum atomic E-state index is 0.214. The van der Waals surface area contributed by atoms with Crippen LogP contribution in [0.5, 0.6) is 0 Å². The molecular weight excluding hydrogens is 312 g/mol. The second-order valence-corrected chi connectivity index (χ2v) is 7.83. The van der Waals surface area contributed by atoms with Crippen molar-refractivity contribution >= 4 is 16.9 Å². The first-order chi connectivity index (χ1) is 12.0. The third kappa shape index (κ3) is 2.95. The molecule has 0 spiro atoms. The van der Waals surface area contributed by atoms with Crippen LogP contribution in [0, 0.1) is 0 Å². The number of para-hydroxylation sites is 2. The number of hydrogen-bond donors (Lipinski definition) is 0. The van der Waals surface area contributed by atoms with E-state index in [9.17, 15) is 4.79 Å². The number of aromatic nitrogens is 2. The fraction of sp³-hybridized carbons (Fsp3) is 0.600. The Kier molecular flexibility index (Phi) is 4.28. The quantitative estimate of drug-likeness (QED) is 0.862. The molecule has 2 aliphatic rings. The van der Waals surface area contributed by atoms with Crippen molar-refractivity contribution in [2.75, 3.05) is 26.2 Å². The van der Waals surface area contributed by atoms with Gasteiger partial charge in [0.1, 0.15) is 5.82 Å². The molecule has 2 fully saturated rings. The van der Waals surface area contributed by atoms with E-state index in [1.54, 1.807) is 6.92 Å². The van der Waals surface area contributed by atoms with Gasteiger partial charge in [-0.1, -0.05) is 26.0 Å². The molecular formula is C20H28N4O. The molecule has 1 amide bonds. The van der Waals surface area contributed by atoms with Gasteiger partial charge in [0, 0.05) is 45.1 Å². The van der Waals surface area contributed by atoms with Crippen LogP contribution in [0.1, 0.15) is 51.4 Å². The number of piperidine rings is 1. The highest BCUT2D eigenvalue weighted by Gasteiger charge is 2.37. The summed E-state index contributed by atoms with van der Waals surface area (Å²) in [5.41, 5.74) is 2.38. The van der Waals surface area contributed by atoms with Crippen molar-refractivity contribution in [1.29, 1.82) is 0 Å². The van der Waals surface area contributed by atoms with Crippen molar-refractivity contribution in [3.63, 3.8) is 0 Å². The third-order valence-electron chi connectivity index (χ3n) is 5.82. The molecule has 5 nitrogen and oxygen atoms in total. The van der Waals surface area contributed by atoms with Gasteiger partial charge in [0.25, 0.3) is 0 Å². The highest BCUT2D eigenvalue weighted by molar-refractivity contribution is 5.76. The fourth-order valence-corrected chi connectivity index (χ4v) is 4.35. The smallest absolute Gasteiger partial charge is 0.219 e. The maximum atomic E-state index is 11.5. The molecule has 2 aromatic rings. The summed E-state index contributed by atoms with van der Waals surface area (Å²) < 4.78 is 2.47. The molecule has 3 heterocycles. The monoisotopic (exact) mass is 340 g/mol. The number of likely N-dealkylation sites (tertiary alicyclic amines) is 2. The van der Waals surface area contributed by atoms with Gasteiger partial charge in [-0.3, -0.25) is 9.69 Å². The predicted octanol–water partition coefficient (Wildman–Crippen LogP) is 3.03. The number of rotatable bonds is 3. The lowest BCUT2D eigenvalue weighted by Crippen LogP contribution is -2.56. The Balaban J connectivity index is 1.47. The van der Waals surface area contributed by atoms with Gasteiger partial charge in [0.05, 0.1) is 17.1 Å². The molecule has 25 heavy (non-hydrogen) atoms. The second kappa shape index (κ2) is 6.45. The van der Waals surface area contributed by atoms with E-state index in [0.29, 0.717) is 18.0 Å². The lowest BCUT2D eigenvalue weighted by molar-refractivity contribution is -0.130. The fourth-order valence-electron chi connectivity index (χ4n) is 4.35. The van der Waals surface area contributed by atoms with Crippen LogP contribution < -0.4 is 0 Å². The zero-order chi connectivity index (χ0) is 17.6. The summed E-state index contributed by atoms with van der Waals surface area (Å²) in [6.45, 7) is 10.2. The number of imidazole rings is 1. The minimum absolute atomic E-state index is 0.214. The van der Waals surface area contributed by atoms with Crippen LogP contribution in [-0.4, -0.2) is 57.5 Å². The van der Waals surface area contributed by atoms with Gasteiger partial charge >= 0.3 is 0 Å². The first kappa shape index (κ1) is 16.6. The standard InChI is InChI=1S/C20H28N4O/c1-14(2)20-21-18-6-4-5-7-19(18)24(20)17-12-23(13-17)16-8-10-22(11-9-16)15(3)25/h4-7,14,16-17H,8-13H2,1-3H3. The molecule has 134 valence electrons. The van der Waals surface area contributed by atoms with Crippen LogP contribution in [0.4, 0.5) is 0 Å². The van der Waals surface area contributed by atoms with Gasteiger partial charge in [-0.15, -0.1) is 0 Å². The van der Waals surface area contributed by atoms with Gasteiger partial charge in [-0.2, -0.15) is 0 Å². The third-order valence-corrected chi connectivity index (χ3v) is 5.82. The first-order valence-electron chi connectivity index (χ1n) is 9.51. The van der Waals surface area contributed by atoms with Crippen LogP contribution in [0.15, 0.2) is 24.3 Å². The number of carbonyl (C=O) groups is 1. The zero-order valence-electron chi connectivity index (χ0n) is 15.5.